The molecule has 1 heterocycles. The third kappa shape index (κ3) is 2.40. The fourth-order valence-electron chi connectivity index (χ4n) is 1.41. The van der Waals surface area contributed by atoms with Crippen LogP contribution in [0, 0.1) is 5.82 Å². The lowest BCUT2D eigenvalue weighted by Gasteiger charge is -1.97. The van der Waals surface area contributed by atoms with E-state index in [9.17, 15) is 4.39 Å². The number of hydrogen-bond donors (Lipinski definition) is 0. The van der Waals surface area contributed by atoms with E-state index >= 15 is 0 Å². The summed E-state index contributed by atoms with van der Waals surface area (Å²) in [5.41, 5.74) is 1.07. The van der Waals surface area contributed by atoms with Gasteiger partial charge in [0.1, 0.15) is 12.4 Å². The smallest absolute Gasteiger partial charge is 0.233 e. The standard InChI is InChI=1S/C11H13FN3/c1-2-15-9-14(8-13-15)7-10-3-5-11(12)6-4-10/h3-6,8-9H,2,7H2,1H3/q+1. The van der Waals surface area contributed by atoms with Gasteiger partial charge in [0.15, 0.2) is 0 Å². The van der Waals surface area contributed by atoms with E-state index in [0.717, 1.165) is 18.7 Å². The highest BCUT2D eigenvalue weighted by atomic mass is 19.1. The minimum Gasteiger partial charge on any atom is -0.233 e. The number of rotatable bonds is 3. The molecule has 0 radical (unpaired) electrons. The highest BCUT2D eigenvalue weighted by Gasteiger charge is 2.04. The molecule has 2 rings (SSSR count). The highest BCUT2D eigenvalue weighted by molar-refractivity contribution is 5.14. The van der Waals surface area contributed by atoms with Crippen molar-refractivity contribution in [2.24, 2.45) is 0 Å². The highest BCUT2D eigenvalue weighted by Crippen LogP contribution is 2.01. The Balaban J connectivity index is 2.11. The van der Waals surface area contributed by atoms with Crippen molar-refractivity contribution in [2.75, 3.05) is 0 Å². The Bertz CT molecular complexity index is 433. The molecular formula is C11H13FN3+. The molecule has 0 amide bonds. The molecule has 0 bridgehead atoms. The molecule has 4 heteroatoms. The summed E-state index contributed by atoms with van der Waals surface area (Å²) in [5, 5.41) is 4.15. The second-order valence-electron chi connectivity index (χ2n) is 3.40. The summed E-state index contributed by atoms with van der Waals surface area (Å²) in [5.74, 6) is -0.201. The summed E-state index contributed by atoms with van der Waals surface area (Å²) in [6.07, 6.45) is 3.70. The molecule has 0 fully saturated rings. The molecule has 0 aliphatic carbocycles. The normalized spacial score (nSPS) is 10.5. The van der Waals surface area contributed by atoms with E-state index in [-0.39, 0.29) is 5.82 Å². The van der Waals surface area contributed by atoms with Gasteiger partial charge in [-0.05, 0) is 24.6 Å². The average Bonchev–Trinajstić information content (AvgIpc) is 2.69. The maximum Gasteiger partial charge on any atom is 0.265 e. The van der Waals surface area contributed by atoms with Crippen LogP contribution in [0.25, 0.3) is 0 Å². The summed E-state index contributed by atoms with van der Waals surface area (Å²) in [7, 11) is 0. The first kappa shape index (κ1) is 9.83. The van der Waals surface area contributed by atoms with Crippen LogP contribution in [-0.4, -0.2) is 9.78 Å². The van der Waals surface area contributed by atoms with Gasteiger partial charge in [-0.2, -0.15) is 0 Å². The second kappa shape index (κ2) is 4.21. The van der Waals surface area contributed by atoms with Crippen LogP contribution in [0.5, 0.6) is 0 Å². The Labute approximate surface area is 87.8 Å². The van der Waals surface area contributed by atoms with Gasteiger partial charge in [0.05, 0.1) is 6.54 Å². The Kier molecular flexibility index (Phi) is 2.76. The van der Waals surface area contributed by atoms with Gasteiger partial charge in [-0.1, -0.05) is 12.1 Å². The third-order valence-electron chi connectivity index (χ3n) is 2.23. The van der Waals surface area contributed by atoms with Crippen molar-refractivity contribution < 1.29 is 8.96 Å². The van der Waals surface area contributed by atoms with Gasteiger partial charge in [0.2, 0.25) is 6.33 Å². The van der Waals surface area contributed by atoms with Crippen LogP contribution in [0.2, 0.25) is 0 Å². The molecule has 15 heavy (non-hydrogen) atoms. The summed E-state index contributed by atoms with van der Waals surface area (Å²) in [4.78, 5) is 0. The molecule has 0 atom stereocenters. The summed E-state index contributed by atoms with van der Waals surface area (Å²) >= 11 is 0. The summed E-state index contributed by atoms with van der Waals surface area (Å²) in [6.45, 7) is 3.62. The number of hydrogen-bond acceptors (Lipinski definition) is 1. The minimum absolute atomic E-state index is 0.201. The van der Waals surface area contributed by atoms with Crippen molar-refractivity contribution in [1.82, 2.24) is 9.78 Å². The average molecular weight is 206 g/mol. The minimum atomic E-state index is -0.201. The van der Waals surface area contributed by atoms with E-state index in [1.165, 1.54) is 12.1 Å². The van der Waals surface area contributed by atoms with Crippen LogP contribution in [0.1, 0.15) is 12.5 Å². The number of benzene rings is 1. The zero-order chi connectivity index (χ0) is 10.7. The molecule has 2 aromatic rings. The topological polar surface area (TPSA) is 21.7 Å². The maximum atomic E-state index is 12.7. The van der Waals surface area contributed by atoms with Crippen molar-refractivity contribution in [3.05, 3.63) is 48.3 Å². The molecule has 0 spiro atoms. The molecule has 0 aliphatic rings. The van der Waals surface area contributed by atoms with Gasteiger partial charge in [-0.15, -0.1) is 4.68 Å². The van der Waals surface area contributed by atoms with Gasteiger partial charge < -0.3 is 0 Å². The fourth-order valence-corrected chi connectivity index (χ4v) is 1.41. The first-order valence-corrected chi connectivity index (χ1v) is 4.94. The Hall–Kier alpha value is -1.71. The monoisotopic (exact) mass is 206 g/mol. The lowest BCUT2D eigenvalue weighted by Crippen LogP contribution is -2.31. The summed E-state index contributed by atoms with van der Waals surface area (Å²) < 4.78 is 16.5. The Morgan fingerprint density at radius 1 is 1.33 bits per heavy atom. The van der Waals surface area contributed by atoms with Gasteiger partial charge in [-0.3, -0.25) is 0 Å². The largest absolute Gasteiger partial charge is 0.265 e. The molecule has 3 nitrogen and oxygen atoms in total. The van der Waals surface area contributed by atoms with Crippen molar-refractivity contribution in [3.8, 4) is 0 Å². The zero-order valence-corrected chi connectivity index (χ0v) is 8.60. The number of nitrogens with zero attached hydrogens (tertiary/aromatic N) is 3. The van der Waals surface area contributed by atoms with Crippen molar-refractivity contribution in [1.29, 1.82) is 0 Å². The van der Waals surface area contributed by atoms with E-state index in [2.05, 4.69) is 5.10 Å². The van der Waals surface area contributed by atoms with Crippen molar-refractivity contribution >= 4 is 0 Å². The molecule has 1 aromatic heterocycles. The van der Waals surface area contributed by atoms with Crippen LogP contribution >= 0.6 is 0 Å². The van der Waals surface area contributed by atoms with E-state index in [1.54, 1.807) is 18.5 Å². The van der Waals surface area contributed by atoms with Crippen molar-refractivity contribution in [3.63, 3.8) is 0 Å². The zero-order valence-electron chi connectivity index (χ0n) is 8.60. The third-order valence-corrected chi connectivity index (χ3v) is 2.23. The van der Waals surface area contributed by atoms with Crippen LogP contribution in [0.3, 0.4) is 0 Å². The molecule has 0 saturated carbocycles. The van der Waals surface area contributed by atoms with Crippen LogP contribution < -0.4 is 4.57 Å². The fraction of sp³-hybridized carbons (Fsp3) is 0.273. The van der Waals surface area contributed by atoms with E-state index < -0.39 is 0 Å². The lowest BCUT2D eigenvalue weighted by atomic mass is 10.2. The van der Waals surface area contributed by atoms with Crippen LogP contribution in [0.15, 0.2) is 36.9 Å². The molecule has 0 saturated heterocycles. The van der Waals surface area contributed by atoms with E-state index in [1.807, 2.05) is 22.5 Å². The molecule has 1 aromatic carbocycles. The quantitative estimate of drug-likeness (QED) is 0.695. The number of aryl methyl sites for hydroxylation is 1. The van der Waals surface area contributed by atoms with Crippen molar-refractivity contribution in [2.45, 2.75) is 20.0 Å². The predicted molar refractivity (Wildman–Crippen MR) is 53.6 cm³/mol. The maximum absolute atomic E-state index is 12.7. The predicted octanol–water partition coefficient (Wildman–Crippen LogP) is 1.38. The van der Waals surface area contributed by atoms with Gasteiger partial charge in [0, 0.05) is 5.10 Å². The van der Waals surface area contributed by atoms with Crippen LogP contribution in [0.4, 0.5) is 4.39 Å². The second-order valence-corrected chi connectivity index (χ2v) is 3.40. The molecule has 0 unspecified atom stereocenters. The lowest BCUT2D eigenvalue weighted by molar-refractivity contribution is -0.689. The molecule has 78 valence electrons. The first-order valence-electron chi connectivity index (χ1n) is 4.94. The molecular weight excluding hydrogens is 193 g/mol. The summed E-state index contributed by atoms with van der Waals surface area (Å²) in [6, 6.07) is 6.51. The number of halogens is 1. The Morgan fingerprint density at radius 3 is 2.67 bits per heavy atom. The number of aromatic nitrogens is 3. The van der Waals surface area contributed by atoms with E-state index in [0.29, 0.717) is 0 Å². The molecule has 0 aliphatic heterocycles. The first-order chi connectivity index (χ1) is 7.28. The van der Waals surface area contributed by atoms with Gasteiger partial charge in [0.25, 0.3) is 6.33 Å². The van der Waals surface area contributed by atoms with Crippen LogP contribution in [-0.2, 0) is 13.1 Å². The van der Waals surface area contributed by atoms with Gasteiger partial charge in [-0.25, -0.2) is 8.96 Å². The molecule has 0 N–H and O–H groups in total. The Morgan fingerprint density at radius 2 is 2.07 bits per heavy atom. The van der Waals surface area contributed by atoms with E-state index in [4.69, 9.17) is 0 Å². The SMILES string of the molecule is CCn1c[n+](Cc2ccc(F)cc2)cn1. The van der Waals surface area contributed by atoms with Gasteiger partial charge >= 0.3 is 0 Å².